The van der Waals surface area contributed by atoms with E-state index in [1.165, 1.54) is 17.5 Å². The third kappa shape index (κ3) is 2.18. The second kappa shape index (κ2) is 3.80. The van der Waals surface area contributed by atoms with Crippen LogP contribution < -0.4 is 0 Å². The summed E-state index contributed by atoms with van der Waals surface area (Å²) in [6.07, 6.45) is 3.33. The van der Waals surface area contributed by atoms with E-state index >= 15 is 0 Å². The maximum absolute atomic E-state index is 11.2. The normalized spacial score (nSPS) is 17.5. The third-order valence-electron chi connectivity index (χ3n) is 3.01. The highest BCUT2D eigenvalue weighted by molar-refractivity contribution is 8.13. The lowest BCUT2D eigenvalue weighted by Crippen LogP contribution is -2.03. The molecule has 1 atom stereocenters. The van der Waals surface area contributed by atoms with Crippen molar-refractivity contribution in [3.8, 4) is 0 Å². The van der Waals surface area contributed by atoms with Crippen molar-refractivity contribution in [1.29, 1.82) is 0 Å². The van der Waals surface area contributed by atoms with Gasteiger partial charge in [-0.2, -0.15) is 0 Å². The molecule has 1 aliphatic rings. The molecule has 15 heavy (non-hydrogen) atoms. The van der Waals surface area contributed by atoms with Gasteiger partial charge in [0, 0.05) is 10.7 Å². The van der Waals surface area contributed by atoms with Gasteiger partial charge in [-0.15, -0.1) is 0 Å². The summed E-state index contributed by atoms with van der Waals surface area (Å²) in [5.74, 6) is 0. The van der Waals surface area contributed by atoms with Crippen molar-refractivity contribution < 1.29 is 8.42 Å². The first kappa shape index (κ1) is 11.0. The van der Waals surface area contributed by atoms with Crippen LogP contribution in [0.2, 0.25) is 0 Å². The maximum atomic E-state index is 11.2. The maximum Gasteiger partial charge on any atom is 0.239 e. The van der Waals surface area contributed by atoms with Gasteiger partial charge in [-0.3, -0.25) is 0 Å². The minimum absolute atomic E-state index is 0.620. The predicted molar refractivity (Wildman–Crippen MR) is 61.7 cm³/mol. The topological polar surface area (TPSA) is 34.1 Å². The molecule has 0 fully saturated rings. The molecule has 0 N–H and O–H groups in total. The second-order valence-electron chi connectivity index (χ2n) is 4.00. The van der Waals surface area contributed by atoms with Gasteiger partial charge in [0.05, 0.1) is 5.25 Å². The highest BCUT2D eigenvalue weighted by Gasteiger charge is 2.21. The molecule has 1 aliphatic carbocycles. The zero-order chi connectivity index (χ0) is 11.1. The number of aryl methyl sites for hydroxylation is 2. The van der Waals surface area contributed by atoms with Gasteiger partial charge in [-0.1, -0.05) is 18.2 Å². The van der Waals surface area contributed by atoms with Crippen molar-refractivity contribution in [2.75, 3.05) is 0 Å². The van der Waals surface area contributed by atoms with Gasteiger partial charge in [-0.25, -0.2) is 8.42 Å². The van der Waals surface area contributed by atoms with Gasteiger partial charge in [0.25, 0.3) is 0 Å². The van der Waals surface area contributed by atoms with E-state index in [1.54, 1.807) is 6.92 Å². The second-order valence-corrected chi connectivity index (χ2v) is 6.95. The molecule has 1 unspecified atom stereocenters. The molecular weight excluding hydrogens is 232 g/mol. The molecule has 0 spiro atoms. The van der Waals surface area contributed by atoms with Crippen molar-refractivity contribution in [3.05, 3.63) is 34.9 Å². The molecule has 0 aliphatic heterocycles. The SMILES string of the molecule is CC(c1ccc2c(c1)CCC2)S(=O)(=O)Cl. The quantitative estimate of drug-likeness (QED) is 0.750. The molecule has 1 aromatic carbocycles. The average molecular weight is 245 g/mol. The Morgan fingerprint density at radius 2 is 1.93 bits per heavy atom. The van der Waals surface area contributed by atoms with Gasteiger partial charge in [0.2, 0.25) is 9.05 Å². The first-order valence-corrected chi connectivity index (χ1v) is 7.41. The van der Waals surface area contributed by atoms with Crippen LogP contribution in [0.15, 0.2) is 18.2 Å². The van der Waals surface area contributed by atoms with Gasteiger partial charge in [-0.05, 0) is 42.9 Å². The smallest absolute Gasteiger partial charge is 0.212 e. The highest BCUT2D eigenvalue weighted by Crippen LogP contribution is 2.29. The summed E-state index contributed by atoms with van der Waals surface area (Å²) >= 11 is 0. The number of benzene rings is 1. The Labute approximate surface area is 94.7 Å². The van der Waals surface area contributed by atoms with Crippen molar-refractivity contribution in [2.24, 2.45) is 0 Å². The summed E-state index contributed by atoms with van der Waals surface area (Å²) in [5.41, 5.74) is 3.42. The lowest BCUT2D eigenvalue weighted by atomic mass is 10.0. The first-order valence-electron chi connectivity index (χ1n) is 5.03. The first-order chi connectivity index (χ1) is 6.98. The van der Waals surface area contributed by atoms with Crippen LogP contribution in [0.4, 0.5) is 0 Å². The fraction of sp³-hybridized carbons (Fsp3) is 0.455. The van der Waals surface area contributed by atoms with Crippen LogP contribution in [0.3, 0.4) is 0 Å². The Morgan fingerprint density at radius 3 is 2.60 bits per heavy atom. The molecule has 2 nitrogen and oxygen atoms in total. The molecule has 2 rings (SSSR count). The number of fused-ring (bicyclic) bond motifs is 1. The summed E-state index contributed by atoms with van der Waals surface area (Å²) in [6.45, 7) is 1.62. The summed E-state index contributed by atoms with van der Waals surface area (Å²) in [7, 11) is 1.84. The molecule has 0 radical (unpaired) electrons. The number of hydrogen-bond acceptors (Lipinski definition) is 2. The minimum atomic E-state index is -3.50. The summed E-state index contributed by atoms with van der Waals surface area (Å²) in [4.78, 5) is 0. The Hall–Kier alpha value is -0.540. The van der Waals surface area contributed by atoms with Crippen LogP contribution in [0.5, 0.6) is 0 Å². The molecule has 4 heteroatoms. The standard InChI is InChI=1S/C11H13ClO2S/c1-8(15(12,13)14)10-6-5-9-3-2-4-11(9)7-10/h5-8H,2-4H2,1H3. The van der Waals surface area contributed by atoms with E-state index in [-0.39, 0.29) is 0 Å². The van der Waals surface area contributed by atoms with Crippen LogP contribution >= 0.6 is 10.7 Å². The van der Waals surface area contributed by atoms with E-state index in [1.807, 2.05) is 18.2 Å². The van der Waals surface area contributed by atoms with Crippen molar-refractivity contribution >= 4 is 19.7 Å². The minimum Gasteiger partial charge on any atom is -0.212 e. The molecule has 0 saturated carbocycles. The van der Waals surface area contributed by atoms with Gasteiger partial charge in [0.15, 0.2) is 0 Å². The van der Waals surface area contributed by atoms with E-state index in [0.717, 1.165) is 18.4 Å². The predicted octanol–water partition coefficient (Wildman–Crippen LogP) is 2.80. The largest absolute Gasteiger partial charge is 0.239 e. The number of halogens is 1. The molecule has 0 amide bonds. The summed E-state index contributed by atoms with van der Waals surface area (Å²) < 4.78 is 22.4. The van der Waals surface area contributed by atoms with Crippen LogP contribution in [0, 0.1) is 0 Å². The third-order valence-corrected chi connectivity index (χ3v) is 4.93. The number of hydrogen-bond donors (Lipinski definition) is 0. The van der Waals surface area contributed by atoms with E-state index in [0.29, 0.717) is 0 Å². The Kier molecular flexibility index (Phi) is 2.77. The number of rotatable bonds is 2. The van der Waals surface area contributed by atoms with E-state index in [9.17, 15) is 8.42 Å². The van der Waals surface area contributed by atoms with E-state index < -0.39 is 14.3 Å². The van der Waals surface area contributed by atoms with Crippen LogP contribution in [-0.4, -0.2) is 8.42 Å². The monoisotopic (exact) mass is 244 g/mol. The Bertz CT molecular complexity index is 479. The van der Waals surface area contributed by atoms with Crippen LogP contribution in [0.25, 0.3) is 0 Å². The average Bonchev–Trinajstić information content (AvgIpc) is 2.61. The van der Waals surface area contributed by atoms with Crippen molar-refractivity contribution in [2.45, 2.75) is 31.4 Å². The summed E-state index contributed by atoms with van der Waals surface area (Å²) in [6, 6.07) is 5.87. The van der Waals surface area contributed by atoms with Crippen molar-refractivity contribution in [3.63, 3.8) is 0 Å². The molecular formula is C11H13ClO2S. The van der Waals surface area contributed by atoms with Gasteiger partial charge >= 0.3 is 0 Å². The van der Waals surface area contributed by atoms with E-state index in [4.69, 9.17) is 10.7 Å². The zero-order valence-electron chi connectivity index (χ0n) is 8.53. The summed E-state index contributed by atoms with van der Waals surface area (Å²) in [5, 5.41) is -0.620. The molecule has 0 bridgehead atoms. The fourth-order valence-corrected chi connectivity index (χ4v) is 2.79. The lowest BCUT2D eigenvalue weighted by Gasteiger charge is -2.09. The Morgan fingerprint density at radius 1 is 1.27 bits per heavy atom. The molecule has 0 saturated heterocycles. The van der Waals surface area contributed by atoms with Gasteiger partial charge < -0.3 is 0 Å². The van der Waals surface area contributed by atoms with E-state index in [2.05, 4.69) is 0 Å². The van der Waals surface area contributed by atoms with Crippen molar-refractivity contribution in [1.82, 2.24) is 0 Å². The highest BCUT2D eigenvalue weighted by atomic mass is 35.7. The van der Waals surface area contributed by atoms with Gasteiger partial charge in [0.1, 0.15) is 0 Å². The fourth-order valence-electron chi connectivity index (χ4n) is 2.01. The molecule has 0 aromatic heterocycles. The Balaban J connectivity index is 2.39. The molecule has 0 heterocycles. The lowest BCUT2D eigenvalue weighted by molar-refractivity contribution is 0.600. The van der Waals surface area contributed by atoms with Crippen LogP contribution in [-0.2, 0) is 21.9 Å². The van der Waals surface area contributed by atoms with Crippen LogP contribution in [0.1, 0.15) is 35.3 Å². The zero-order valence-corrected chi connectivity index (χ0v) is 10.1. The molecule has 1 aromatic rings. The molecule has 82 valence electrons.